The molecule has 3 rings (SSSR count). The van der Waals surface area contributed by atoms with Gasteiger partial charge in [0.2, 0.25) is 5.91 Å². The van der Waals surface area contributed by atoms with Crippen molar-refractivity contribution in [2.24, 2.45) is 13.0 Å². The fourth-order valence-corrected chi connectivity index (χ4v) is 3.05. The van der Waals surface area contributed by atoms with E-state index in [1.807, 2.05) is 16.5 Å². The van der Waals surface area contributed by atoms with Gasteiger partial charge in [-0.05, 0) is 30.4 Å². The molecule has 1 aromatic carbocycles. The molecule has 1 aliphatic heterocycles. The number of benzene rings is 1. The lowest BCUT2D eigenvalue weighted by atomic mass is 9.93. The maximum Gasteiger partial charge on any atom is 0.227 e. The van der Waals surface area contributed by atoms with Crippen LogP contribution in [0.25, 0.3) is 0 Å². The van der Waals surface area contributed by atoms with E-state index in [1.54, 1.807) is 24.5 Å². The minimum absolute atomic E-state index is 0.00667. The first kappa shape index (κ1) is 15.6. The first-order chi connectivity index (χ1) is 11.1. The number of carbonyl (C=O) groups is 1. The number of halogens is 1. The van der Waals surface area contributed by atoms with Crippen LogP contribution < -0.4 is 0 Å². The zero-order valence-corrected chi connectivity index (χ0v) is 13.3. The second-order valence-corrected chi connectivity index (χ2v) is 6.15. The van der Waals surface area contributed by atoms with Crippen LogP contribution in [0.4, 0.5) is 4.39 Å². The molecule has 6 heteroatoms. The summed E-state index contributed by atoms with van der Waals surface area (Å²) in [4.78, 5) is 14.2. The Morgan fingerprint density at radius 2 is 2.04 bits per heavy atom. The third-order valence-corrected chi connectivity index (χ3v) is 4.54. The molecule has 2 aromatic rings. The Hall–Kier alpha value is -2.24. The molecule has 1 saturated heterocycles. The van der Waals surface area contributed by atoms with Crippen molar-refractivity contribution in [2.45, 2.75) is 25.7 Å². The molecule has 1 amide bonds. The lowest BCUT2D eigenvalue weighted by Crippen LogP contribution is -2.40. The van der Waals surface area contributed by atoms with Crippen LogP contribution in [0.1, 0.15) is 24.2 Å². The quantitative estimate of drug-likeness (QED) is 0.866. The number of aromatic nitrogens is 3. The Bertz CT molecular complexity index is 677. The highest BCUT2D eigenvalue weighted by Crippen LogP contribution is 2.21. The standard InChI is InChI=1S/C17H21FN4O/c1-21-12-19-20-16(21)10-13-6-8-22(9-7-13)17(23)11-14-4-2-3-5-15(14)18/h2-5,12-13H,6-11H2,1H3. The van der Waals surface area contributed by atoms with Crippen LogP contribution in [0.5, 0.6) is 0 Å². The lowest BCUT2D eigenvalue weighted by Gasteiger charge is -2.32. The van der Waals surface area contributed by atoms with Crippen LogP contribution in [-0.4, -0.2) is 38.7 Å². The van der Waals surface area contributed by atoms with Crippen LogP contribution in [-0.2, 0) is 24.7 Å². The van der Waals surface area contributed by atoms with E-state index < -0.39 is 0 Å². The van der Waals surface area contributed by atoms with Crippen molar-refractivity contribution >= 4 is 5.91 Å². The molecule has 5 nitrogen and oxygen atoms in total. The van der Waals surface area contributed by atoms with Gasteiger partial charge in [-0.15, -0.1) is 10.2 Å². The van der Waals surface area contributed by atoms with Crippen molar-refractivity contribution in [3.8, 4) is 0 Å². The maximum atomic E-state index is 13.6. The molecule has 122 valence electrons. The molecule has 23 heavy (non-hydrogen) atoms. The molecule has 0 spiro atoms. The molecule has 0 unspecified atom stereocenters. The number of nitrogens with zero attached hydrogens (tertiary/aromatic N) is 4. The van der Waals surface area contributed by atoms with Gasteiger partial charge in [-0.1, -0.05) is 18.2 Å². The number of likely N-dealkylation sites (tertiary alicyclic amines) is 1. The number of hydrogen-bond donors (Lipinski definition) is 0. The molecular formula is C17H21FN4O. The van der Waals surface area contributed by atoms with E-state index in [-0.39, 0.29) is 18.1 Å². The zero-order valence-electron chi connectivity index (χ0n) is 13.3. The summed E-state index contributed by atoms with van der Waals surface area (Å²) in [6.45, 7) is 1.46. The van der Waals surface area contributed by atoms with Gasteiger partial charge in [0.25, 0.3) is 0 Å². The first-order valence-corrected chi connectivity index (χ1v) is 7.97. The minimum atomic E-state index is -0.307. The molecule has 0 radical (unpaired) electrons. The Balaban J connectivity index is 1.51. The van der Waals surface area contributed by atoms with Gasteiger partial charge < -0.3 is 9.47 Å². The maximum absolute atomic E-state index is 13.6. The first-order valence-electron chi connectivity index (χ1n) is 7.97. The van der Waals surface area contributed by atoms with Crippen molar-refractivity contribution < 1.29 is 9.18 Å². The number of piperidine rings is 1. The summed E-state index contributed by atoms with van der Waals surface area (Å²) in [5, 5.41) is 8.02. The van der Waals surface area contributed by atoms with E-state index >= 15 is 0 Å². The van der Waals surface area contributed by atoms with Crippen LogP contribution in [0, 0.1) is 11.7 Å². The summed E-state index contributed by atoms with van der Waals surface area (Å²) in [5.74, 6) is 1.21. The molecular weight excluding hydrogens is 295 g/mol. The average Bonchev–Trinajstić information content (AvgIpc) is 2.95. The Kier molecular flexibility index (Phi) is 4.69. The van der Waals surface area contributed by atoms with Crippen molar-refractivity contribution in [2.75, 3.05) is 13.1 Å². The predicted molar refractivity (Wildman–Crippen MR) is 84.1 cm³/mol. The van der Waals surface area contributed by atoms with Crippen LogP contribution in [0.3, 0.4) is 0 Å². The predicted octanol–water partition coefficient (Wildman–Crippen LogP) is 1.98. The van der Waals surface area contributed by atoms with Crippen LogP contribution in [0.2, 0.25) is 0 Å². The summed E-state index contributed by atoms with van der Waals surface area (Å²) < 4.78 is 15.6. The Morgan fingerprint density at radius 1 is 1.30 bits per heavy atom. The van der Waals surface area contributed by atoms with E-state index in [0.29, 0.717) is 11.5 Å². The van der Waals surface area contributed by atoms with Crippen molar-refractivity contribution in [3.63, 3.8) is 0 Å². The normalized spacial score (nSPS) is 15.8. The van der Waals surface area contributed by atoms with E-state index in [2.05, 4.69) is 10.2 Å². The van der Waals surface area contributed by atoms with Crippen LogP contribution >= 0.6 is 0 Å². The summed E-state index contributed by atoms with van der Waals surface area (Å²) >= 11 is 0. The Morgan fingerprint density at radius 3 is 2.70 bits per heavy atom. The number of carbonyl (C=O) groups excluding carboxylic acids is 1. The van der Waals surface area contributed by atoms with E-state index in [9.17, 15) is 9.18 Å². The van der Waals surface area contributed by atoms with Gasteiger partial charge >= 0.3 is 0 Å². The minimum Gasteiger partial charge on any atom is -0.342 e. The van der Waals surface area contributed by atoms with Crippen molar-refractivity contribution in [1.29, 1.82) is 0 Å². The van der Waals surface area contributed by atoms with E-state index in [1.165, 1.54) is 6.07 Å². The van der Waals surface area contributed by atoms with Gasteiger partial charge in [-0.2, -0.15) is 0 Å². The second kappa shape index (κ2) is 6.89. The van der Waals surface area contributed by atoms with Crippen molar-refractivity contribution in [1.82, 2.24) is 19.7 Å². The van der Waals surface area contributed by atoms with Crippen LogP contribution in [0.15, 0.2) is 30.6 Å². The summed E-state index contributed by atoms with van der Waals surface area (Å²) in [7, 11) is 1.95. The number of amides is 1. The zero-order chi connectivity index (χ0) is 16.2. The SMILES string of the molecule is Cn1cnnc1CC1CCN(C(=O)Cc2ccccc2F)CC1. The van der Waals surface area contributed by atoms with E-state index in [0.717, 1.165) is 38.2 Å². The molecule has 0 atom stereocenters. The third-order valence-electron chi connectivity index (χ3n) is 4.54. The molecule has 2 heterocycles. The molecule has 0 saturated carbocycles. The van der Waals surface area contributed by atoms with Gasteiger partial charge in [0.05, 0.1) is 6.42 Å². The van der Waals surface area contributed by atoms with E-state index in [4.69, 9.17) is 0 Å². The summed E-state index contributed by atoms with van der Waals surface area (Å²) in [5.41, 5.74) is 0.471. The van der Waals surface area contributed by atoms with Gasteiger partial charge in [0.15, 0.2) is 0 Å². The third kappa shape index (κ3) is 3.75. The van der Waals surface area contributed by atoms with Crippen molar-refractivity contribution in [3.05, 3.63) is 47.8 Å². The lowest BCUT2D eigenvalue weighted by molar-refractivity contribution is -0.131. The number of hydrogen-bond acceptors (Lipinski definition) is 3. The fourth-order valence-electron chi connectivity index (χ4n) is 3.05. The molecule has 1 aliphatic rings. The topological polar surface area (TPSA) is 51.0 Å². The molecule has 1 fully saturated rings. The number of rotatable bonds is 4. The van der Waals surface area contributed by atoms with Gasteiger partial charge in [0.1, 0.15) is 18.0 Å². The highest BCUT2D eigenvalue weighted by atomic mass is 19.1. The van der Waals surface area contributed by atoms with Gasteiger partial charge in [0, 0.05) is 26.6 Å². The molecule has 1 aromatic heterocycles. The van der Waals surface area contributed by atoms with Gasteiger partial charge in [-0.25, -0.2) is 4.39 Å². The monoisotopic (exact) mass is 316 g/mol. The molecule has 0 bridgehead atoms. The highest BCUT2D eigenvalue weighted by molar-refractivity contribution is 5.78. The largest absolute Gasteiger partial charge is 0.342 e. The molecule has 0 aliphatic carbocycles. The fraction of sp³-hybridized carbons (Fsp3) is 0.471. The average molecular weight is 316 g/mol. The summed E-state index contributed by atoms with van der Waals surface area (Å²) in [6, 6.07) is 6.48. The Labute approximate surface area is 135 Å². The molecule has 0 N–H and O–H groups in total. The summed E-state index contributed by atoms with van der Waals surface area (Å²) in [6.07, 6.45) is 4.65. The smallest absolute Gasteiger partial charge is 0.227 e. The second-order valence-electron chi connectivity index (χ2n) is 6.15. The van der Waals surface area contributed by atoms with Gasteiger partial charge in [-0.3, -0.25) is 4.79 Å². The number of aryl methyl sites for hydroxylation is 1. The highest BCUT2D eigenvalue weighted by Gasteiger charge is 2.24.